The quantitative estimate of drug-likeness (QED) is 0.624. The summed E-state index contributed by atoms with van der Waals surface area (Å²) < 4.78 is 36.3. The zero-order valence-electron chi connectivity index (χ0n) is 9.32. The fourth-order valence-electron chi connectivity index (χ4n) is 2.07. The molecule has 0 aromatic heterocycles. The van der Waals surface area contributed by atoms with Crippen LogP contribution in [0.3, 0.4) is 0 Å². The molecule has 0 nitrogen and oxygen atoms in total. The molecule has 0 N–H and O–H groups in total. The third-order valence-corrected chi connectivity index (χ3v) is 3.06. The maximum atomic E-state index is 12.1. The smallest absolute Gasteiger partial charge is 0.449 e. The summed E-state index contributed by atoms with van der Waals surface area (Å²) in [5.41, 5.74) is 0.273. The van der Waals surface area contributed by atoms with Gasteiger partial charge in [0, 0.05) is 0 Å². The Morgan fingerprint density at radius 1 is 1.14 bits per heavy atom. The molecule has 0 amide bonds. The Labute approximate surface area is 127 Å². The molecular formula is C9H17BF3K. The van der Waals surface area contributed by atoms with Gasteiger partial charge in [0.25, 0.3) is 0 Å². The number of rotatable bonds is 2. The van der Waals surface area contributed by atoms with Gasteiger partial charge in [0.2, 0.25) is 0 Å². The molecule has 0 bridgehead atoms. The molecule has 78 valence electrons. The Hall–Kier alpha value is 1.49. The van der Waals surface area contributed by atoms with Crippen molar-refractivity contribution >= 4 is 6.98 Å². The van der Waals surface area contributed by atoms with Gasteiger partial charge in [0.1, 0.15) is 0 Å². The van der Waals surface area contributed by atoms with Crippen molar-refractivity contribution in [2.75, 3.05) is 0 Å². The first-order valence-corrected chi connectivity index (χ1v) is 4.99. The van der Waals surface area contributed by atoms with E-state index in [1.54, 1.807) is 0 Å². The number of hydrogen-bond donors (Lipinski definition) is 0. The summed E-state index contributed by atoms with van der Waals surface area (Å²) in [6, 6.07) is 0. The van der Waals surface area contributed by atoms with Crippen molar-refractivity contribution in [1.29, 1.82) is 0 Å². The second-order valence-electron chi connectivity index (χ2n) is 5.05. The first kappa shape index (κ1) is 15.5. The summed E-state index contributed by atoms with van der Waals surface area (Å²) in [7, 11) is 0. The monoisotopic (exact) mass is 232 g/mol. The summed E-state index contributed by atoms with van der Waals surface area (Å²) in [6.07, 6.45) is 2.90. The van der Waals surface area contributed by atoms with Crippen LogP contribution in [0, 0.1) is 11.3 Å². The minimum Gasteiger partial charge on any atom is -0.449 e. The van der Waals surface area contributed by atoms with Crippen LogP contribution in [0.1, 0.15) is 39.5 Å². The average Bonchev–Trinajstić information content (AvgIpc) is 1.91. The Morgan fingerprint density at radius 3 is 1.93 bits per heavy atom. The van der Waals surface area contributed by atoms with E-state index in [0.29, 0.717) is 0 Å². The zero-order chi connectivity index (χ0) is 10.1. The van der Waals surface area contributed by atoms with E-state index in [-0.39, 0.29) is 62.7 Å². The van der Waals surface area contributed by atoms with Gasteiger partial charge in [0.05, 0.1) is 0 Å². The maximum absolute atomic E-state index is 12.1. The van der Waals surface area contributed by atoms with Gasteiger partial charge in [-0.2, -0.15) is 0 Å². The first-order chi connectivity index (χ1) is 5.79. The fraction of sp³-hybridized carbons (Fsp3) is 1.00. The molecule has 1 rings (SSSR count). The van der Waals surface area contributed by atoms with Crippen LogP contribution < -0.4 is 51.4 Å². The van der Waals surface area contributed by atoms with Crippen molar-refractivity contribution in [2.45, 2.75) is 45.9 Å². The van der Waals surface area contributed by atoms with Crippen LogP contribution in [-0.4, -0.2) is 6.98 Å². The van der Waals surface area contributed by atoms with Crippen molar-refractivity contribution in [3.05, 3.63) is 0 Å². The first-order valence-electron chi connectivity index (χ1n) is 4.99. The van der Waals surface area contributed by atoms with E-state index in [0.717, 1.165) is 25.7 Å². The molecule has 0 saturated heterocycles. The topological polar surface area (TPSA) is 0 Å². The maximum Gasteiger partial charge on any atom is 1.00 e. The van der Waals surface area contributed by atoms with Crippen molar-refractivity contribution in [3.63, 3.8) is 0 Å². The van der Waals surface area contributed by atoms with E-state index in [9.17, 15) is 12.9 Å². The van der Waals surface area contributed by atoms with Gasteiger partial charge < -0.3 is 12.9 Å². The molecular weight excluding hydrogens is 215 g/mol. The second-order valence-corrected chi connectivity index (χ2v) is 5.05. The summed E-state index contributed by atoms with van der Waals surface area (Å²) in [5.74, 6) is -0.0898. The van der Waals surface area contributed by atoms with E-state index < -0.39 is 13.3 Å². The molecule has 1 aliphatic rings. The normalized spacial score (nSPS) is 22.9. The van der Waals surface area contributed by atoms with Gasteiger partial charge in [-0.05, 0) is 18.3 Å². The molecule has 0 aromatic rings. The minimum absolute atomic E-state index is 0. The van der Waals surface area contributed by atoms with Crippen LogP contribution in [0.25, 0.3) is 0 Å². The zero-order valence-corrected chi connectivity index (χ0v) is 12.4. The standard InChI is InChI=1S/C9H17BF3.K/c1-9(2)5-3-8(4-6-9)7-10(11,12)13;/h8H,3-7H2,1-2H3;/q-1;+1. The molecule has 0 spiro atoms. The van der Waals surface area contributed by atoms with Crippen LogP contribution in [0.4, 0.5) is 12.9 Å². The molecule has 0 aromatic carbocycles. The molecule has 0 radical (unpaired) electrons. The molecule has 14 heavy (non-hydrogen) atoms. The molecule has 1 saturated carbocycles. The van der Waals surface area contributed by atoms with Gasteiger partial charge in [0.15, 0.2) is 0 Å². The van der Waals surface area contributed by atoms with E-state index in [4.69, 9.17) is 0 Å². The molecule has 5 heteroatoms. The number of hydrogen-bond acceptors (Lipinski definition) is 0. The Bertz CT molecular complexity index is 169. The van der Waals surface area contributed by atoms with Crippen molar-refractivity contribution in [3.8, 4) is 0 Å². The van der Waals surface area contributed by atoms with Crippen LogP contribution >= 0.6 is 0 Å². The van der Waals surface area contributed by atoms with Crippen molar-refractivity contribution < 1.29 is 64.3 Å². The predicted octanol–water partition coefficient (Wildman–Crippen LogP) is 1.05. The van der Waals surface area contributed by atoms with Crippen LogP contribution in [0.5, 0.6) is 0 Å². The van der Waals surface area contributed by atoms with E-state index in [1.165, 1.54) is 0 Å². The van der Waals surface area contributed by atoms with Crippen molar-refractivity contribution in [1.82, 2.24) is 0 Å². The molecule has 0 heterocycles. The SMILES string of the molecule is CC1(C)CCC(C[B-](F)(F)F)CC1.[K+]. The van der Waals surface area contributed by atoms with Gasteiger partial charge >= 0.3 is 58.4 Å². The van der Waals surface area contributed by atoms with E-state index >= 15 is 0 Å². The minimum atomic E-state index is -4.56. The van der Waals surface area contributed by atoms with Gasteiger partial charge in [-0.3, -0.25) is 0 Å². The average molecular weight is 232 g/mol. The largest absolute Gasteiger partial charge is 1.00 e. The van der Waals surface area contributed by atoms with Crippen LogP contribution in [-0.2, 0) is 0 Å². The Morgan fingerprint density at radius 2 is 1.57 bits per heavy atom. The Balaban J connectivity index is 0.00000169. The summed E-state index contributed by atoms with van der Waals surface area (Å²) >= 11 is 0. The molecule has 1 aliphatic carbocycles. The molecule has 0 unspecified atom stereocenters. The predicted molar refractivity (Wildman–Crippen MR) is 49.6 cm³/mol. The van der Waals surface area contributed by atoms with E-state index in [1.807, 2.05) is 0 Å². The van der Waals surface area contributed by atoms with E-state index in [2.05, 4.69) is 13.8 Å². The van der Waals surface area contributed by atoms with Gasteiger partial charge in [-0.15, -0.1) is 0 Å². The Kier molecular flexibility index (Phi) is 6.32. The second kappa shape index (κ2) is 5.71. The molecule has 1 fully saturated rings. The molecule has 0 atom stereocenters. The third-order valence-electron chi connectivity index (χ3n) is 3.06. The van der Waals surface area contributed by atoms with Crippen LogP contribution in [0.15, 0.2) is 0 Å². The summed E-state index contributed by atoms with van der Waals surface area (Å²) in [4.78, 5) is 0. The summed E-state index contributed by atoms with van der Waals surface area (Å²) in [5, 5.41) is 0. The van der Waals surface area contributed by atoms with Gasteiger partial charge in [-0.1, -0.05) is 38.9 Å². The summed E-state index contributed by atoms with van der Waals surface area (Å²) in [6.45, 7) is -0.281. The number of halogens is 3. The fourth-order valence-corrected chi connectivity index (χ4v) is 2.07. The van der Waals surface area contributed by atoms with Gasteiger partial charge in [-0.25, -0.2) is 0 Å². The van der Waals surface area contributed by atoms with Crippen LogP contribution in [0.2, 0.25) is 6.32 Å². The van der Waals surface area contributed by atoms with Crippen molar-refractivity contribution in [2.24, 2.45) is 11.3 Å². The third kappa shape index (κ3) is 6.16. The molecule has 0 aliphatic heterocycles.